The van der Waals surface area contributed by atoms with Gasteiger partial charge < -0.3 is 9.84 Å². The van der Waals surface area contributed by atoms with Crippen LogP contribution in [0, 0.1) is 17.8 Å². The van der Waals surface area contributed by atoms with Gasteiger partial charge in [-0.05, 0) is 31.1 Å². The van der Waals surface area contributed by atoms with E-state index in [0.717, 1.165) is 12.8 Å². The second-order valence-electron chi connectivity index (χ2n) is 7.32. The SMILES string of the molecule is CC1CC(C(=O)O)CN(S(=O)(=O)CC(C)COC2CCCC2)C1. The molecule has 134 valence electrons. The highest BCUT2D eigenvalue weighted by Crippen LogP contribution is 2.25. The van der Waals surface area contributed by atoms with E-state index in [9.17, 15) is 18.3 Å². The summed E-state index contributed by atoms with van der Waals surface area (Å²) in [4.78, 5) is 11.2. The molecule has 23 heavy (non-hydrogen) atoms. The molecule has 1 saturated carbocycles. The lowest BCUT2D eigenvalue weighted by Gasteiger charge is -2.34. The minimum Gasteiger partial charge on any atom is -0.481 e. The summed E-state index contributed by atoms with van der Waals surface area (Å²) in [6.45, 7) is 4.76. The van der Waals surface area contributed by atoms with Crippen LogP contribution in [-0.4, -0.2) is 55.4 Å². The van der Waals surface area contributed by atoms with E-state index >= 15 is 0 Å². The number of carbonyl (C=O) groups is 1. The van der Waals surface area contributed by atoms with Gasteiger partial charge in [0.25, 0.3) is 0 Å². The lowest BCUT2D eigenvalue weighted by molar-refractivity contribution is -0.143. The summed E-state index contributed by atoms with van der Waals surface area (Å²) in [5, 5.41) is 9.19. The molecular formula is C16H29NO5S. The van der Waals surface area contributed by atoms with E-state index in [1.54, 1.807) is 0 Å². The van der Waals surface area contributed by atoms with Gasteiger partial charge in [0.05, 0.1) is 24.4 Å². The van der Waals surface area contributed by atoms with Gasteiger partial charge in [0, 0.05) is 13.1 Å². The molecule has 0 amide bonds. The van der Waals surface area contributed by atoms with E-state index < -0.39 is 21.9 Å². The normalized spacial score (nSPS) is 28.8. The molecule has 3 atom stereocenters. The van der Waals surface area contributed by atoms with E-state index in [0.29, 0.717) is 19.6 Å². The van der Waals surface area contributed by atoms with Gasteiger partial charge in [0.1, 0.15) is 0 Å². The van der Waals surface area contributed by atoms with Crippen LogP contribution < -0.4 is 0 Å². The molecule has 1 N–H and O–H groups in total. The largest absolute Gasteiger partial charge is 0.481 e. The molecule has 1 saturated heterocycles. The van der Waals surface area contributed by atoms with Crippen LogP contribution in [0.1, 0.15) is 46.0 Å². The zero-order valence-corrected chi connectivity index (χ0v) is 14.9. The Balaban J connectivity index is 1.87. The Kier molecular flexibility index (Phi) is 6.45. The summed E-state index contributed by atoms with van der Waals surface area (Å²) in [5.74, 6) is -1.49. The third kappa shape index (κ3) is 5.43. The minimum absolute atomic E-state index is 0.0266. The number of nitrogens with zero attached hydrogens (tertiary/aromatic N) is 1. The number of sulfonamides is 1. The molecule has 1 aliphatic heterocycles. The van der Waals surface area contributed by atoms with Gasteiger partial charge in [-0.1, -0.05) is 26.7 Å². The zero-order chi connectivity index (χ0) is 17.0. The number of hydrogen-bond acceptors (Lipinski definition) is 4. The highest BCUT2D eigenvalue weighted by Gasteiger charge is 2.36. The number of ether oxygens (including phenoxy) is 1. The molecule has 0 radical (unpaired) electrons. The fraction of sp³-hybridized carbons (Fsp3) is 0.938. The van der Waals surface area contributed by atoms with Crippen molar-refractivity contribution in [3.8, 4) is 0 Å². The molecule has 2 fully saturated rings. The van der Waals surface area contributed by atoms with Crippen LogP contribution in [0.15, 0.2) is 0 Å². The van der Waals surface area contributed by atoms with Crippen LogP contribution >= 0.6 is 0 Å². The predicted molar refractivity (Wildman–Crippen MR) is 87.6 cm³/mol. The first-order valence-electron chi connectivity index (χ1n) is 8.60. The molecule has 1 aliphatic carbocycles. The minimum atomic E-state index is -3.44. The Morgan fingerprint density at radius 1 is 1.30 bits per heavy atom. The average molecular weight is 347 g/mol. The van der Waals surface area contributed by atoms with Gasteiger partial charge in [-0.15, -0.1) is 0 Å². The number of carboxylic acids is 1. The number of hydrogen-bond donors (Lipinski definition) is 1. The predicted octanol–water partition coefficient (Wildman–Crippen LogP) is 1.95. The summed E-state index contributed by atoms with van der Waals surface area (Å²) in [5.41, 5.74) is 0. The molecule has 2 rings (SSSR count). The van der Waals surface area contributed by atoms with E-state index in [-0.39, 0.29) is 30.2 Å². The van der Waals surface area contributed by atoms with Crippen molar-refractivity contribution in [2.75, 3.05) is 25.4 Å². The summed E-state index contributed by atoms with van der Waals surface area (Å²) in [7, 11) is -3.44. The first kappa shape index (κ1) is 18.7. The smallest absolute Gasteiger partial charge is 0.307 e. The molecule has 6 nitrogen and oxygen atoms in total. The molecule has 0 aromatic carbocycles. The molecular weight excluding hydrogens is 318 g/mol. The van der Waals surface area contributed by atoms with Crippen molar-refractivity contribution in [3.63, 3.8) is 0 Å². The van der Waals surface area contributed by atoms with Gasteiger partial charge in [0.15, 0.2) is 0 Å². The van der Waals surface area contributed by atoms with E-state index in [1.807, 2.05) is 13.8 Å². The van der Waals surface area contributed by atoms with Crippen LogP contribution in [0.4, 0.5) is 0 Å². The molecule has 0 aromatic rings. The topological polar surface area (TPSA) is 83.9 Å². The number of piperidine rings is 1. The quantitative estimate of drug-likeness (QED) is 0.761. The molecule has 0 bridgehead atoms. The second kappa shape index (κ2) is 7.94. The fourth-order valence-electron chi connectivity index (χ4n) is 3.58. The van der Waals surface area contributed by atoms with Gasteiger partial charge in [-0.25, -0.2) is 12.7 Å². The summed E-state index contributed by atoms with van der Waals surface area (Å²) in [6.07, 6.45) is 5.36. The van der Waals surface area contributed by atoms with E-state index in [4.69, 9.17) is 4.74 Å². The summed E-state index contributed by atoms with van der Waals surface area (Å²) < 4.78 is 32.3. The molecule has 0 aromatic heterocycles. The highest BCUT2D eigenvalue weighted by molar-refractivity contribution is 7.89. The van der Waals surface area contributed by atoms with Crippen molar-refractivity contribution in [2.45, 2.75) is 52.1 Å². The maximum Gasteiger partial charge on any atom is 0.307 e. The molecule has 7 heteroatoms. The van der Waals surface area contributed by atoms with Crippen LogP contribution in [0.5, 0.6) is 0 Å². The van der Waals surface area contributed by atoms with Crippen molar-refractivity contribution in [1.82, 2.24) is 4.31 Å². The lowest BCUT2D eigenvalue weighted by Crippen LogP contribution is -2.47. The fourth-order valence-corrected chi connectivity index (χ4v) is 5.49. The van der Waals surface area contributed by atoms with Crippen molar-refractivity contribution in [1.29, 1.82) is 0 Å². The average Bonchev–Trinajstić information content (AvgIpc) is 2.97. The van der Waals surface area contributed by atoms with Gasteiger partial charge in [-0.3, -0.25) is 4.79 Å². The second-order valence-corrected chi connectivity index (χ2v) is 9.33. The number of carboxylic acid groups (broad SMARTS) is 1. The molecule has 1 heterocycles. The Morgan fingerprint density at radius 2 is 1.96 bits per heavy atom. The first-order valence-corrected chi connectivity index (χ1v) is 10.2. The molecule has 0 spiro atoms. The molecule has 3 unspecified atom stereocenters. The Hall–Kier alpha value is -0.660. The zero-order valence-electron chi connectivity index (χ0n) is 14.1. The highest BCUT2D eigenvalue weighted by atomic mass is 32.2. The van der Waals surface area contributed by atoms with E-state index in [1.165, 1.54) is 17.1 Å². The first-order chi connectivity index (χ1) is 10.8. The molecule has 2 aliphatic rings. The maximum absolute atomic E-state index is 12.6. The van der Waals surface area contributed by atoms with E-state index in [2.05, 4.69) is 0 Å². The third-order valence-electron chi connectivity index (χ3n) is 4.78. The maximum atomic E-state index is 12.6. The lowest BCUT2D eigenvalue weighted by atomic mass is 9.92. The van der Waals surface area contributed by atoms with Gasteiger partial charge >= 0.3 is 5.97 Å². The van der Waals surface area contributed by atoms with Crippen LogP contribution in [0.25, 0.3) is 0 Å². The third-order valence-corrected chi connectivity index (χ3v) is 6.86. The summed E-state index contributed by atoms with van der Waals surface area (Å²) >= 11 is 0. The monoisotopic (exact) mass is 347 g/mol. The van der Waals surface area contributed by atoms with Crippen molar-refractivity contribution in [2.24, 2.45) is 17.8 Å². The van der Waals surface area contributed by atoms with Gasteiger partial charge in [-0.2, -0.15) is 0 Å². The van der Waals surface area contributed by atoms with Crippen LogP contribution in [0.3, 0.4) is 0 Å². The van der Waals surface area contributed by atoms with Crippen LogP contribution in [-0.2, 0) is 19.6 Å². The standard InChI is InChI=1S/C16H29NO5S/c1-12-7-14(16(18)19)9-17(8-12)23(20,21)11-13(2)10-22-15-5-3-4-6-15/h12-15H,3-11H2,1-2H3,(H,18,19). The Morgan fingerprint density at radius 3 is 2.57 bits per heavy atom. The number of aliphatic carboxylic acids is 1. The van der Waals surface area contributed by atoms with Crippen molar-refractivity contribution < 1.29 is 23.1 Å². The Bertz CT molecular complexity index is 501. The van der Waals surface area contributed by atoms with Gasteiger partial charge in [0.2, 0.25) is 10.0 Å². The Labute approximate surface area is 139 Å². The number of rotatable bonds is 7. The van der Waals surface area contributed by atoms with Crippen molar-refractivity contribution >= 4 is 16.0 Å². The van der Waals surface area contributed by atoms with Crippen molar-refractivity contribution in [3.05, 3.63) is 0 Å². The van der Waals surface area contributed by atoms with Crippen LogP contribution in [0.2, 0.25) is 0 Å². The summed E-state index contributed by atoms with van der Waals surface area (Å²) in [6, 6.07) is 0.